The fraction of sp³-hybridized carbons (Fsp3) is 0.674. The predicted octanol–water partition coefficient (Wildman–Crippen LogP) is 9.74. The molecule has 32 nitrogen and oxygen atoms in total. The van der Waals surface area contributed by atoms with Crippen LogP contribution >= 0.6 is 0 Å². The van der Waals surface area contributed by atoms with Gasteiger partial charge in [0.15, 0.2) is 48.2 Å². The zero-order valence-electron chi connectivity index (χ0n) is 75.1. The molecule has 6 aliphatic carbocycles. The number of alkyl carbamates (subject to hydrolysis) is 2. The van der Waals surface area contributed by atoms with Crippen LogP contribution in [0.1, 0.15) is 212 Å². The third-order valence-electron chi connectivity index (χ3n) is 26.9. The summed E-state index contributed by atoms with van der Waals surface area (Å²) in [5.41, 5.74) is -13.3. The van der Waals surface area contributed by atoms with Gasteiger partial charge in [0, 0.05) is 75.0 Å². The van der Waals surface area contributed by atoms with E-state index in [1.54, 1.807) is 144 Å². The highest BCUT2D eigenvalue weighted by molar-refractivity contribution is 5.90. The molecule has 4 aliphatic heterocycles. The van der Waals surface area contributed by atoms with Crippen LogP contribution < -0.4 is 10.6 Å². The number of ether oxygens (including phenoxy) is 16. The van der Waals surface area contributed by atoms with Crippen LogP contribution in [0.5, 0.6) is 0 Å². The van der Waals surface area contributed by atoms with Crippen molar-refractivity contribution in [3.8, 4) is 0 Å². The molecule has 12 rings (SSSR count). The van der Waals surface area contributed by atoms with Gasteiger partial charge in [-0.15, -0.1) is 0 Å². The Labute approximate surface area is 724 Å². The highest BCUT2D eigenvalue weighted by atomic mass is 16.7. The van der Waals surface area contributed by atoms with E-state index in [9.17, 15) is 68.4 Å². The van der Waals surface area contributed by atoms with Gasteiger partial charge in [-0.05, 0) is 139 Å². The second kappa shape index (κ2) is 35.5. The van der Waals surface area contributed by atoms with E-state index in [0.29, 0.717) is 22.3 Å². The molecule has 26 atom stereocenters. The molecule has 10 aliphatic rings. The fourth-order valence-electron chi connectivity index (χ4n) is 21.4. The molecule has 4 saturated heterocycles. The lowest BCUT2D eigenvalue weighted by Crippen LogP contribution is -2.83. The fourth-order valence-corrected chi connectivity index (χ4v) is 21.4. The third kappa shape index (κ3) is 17.8. The minimum Gasteiger partial charge on any atom is -0.456 e. The molecule has 6 N–H and O–H groups in total. The van der Waals surface area contributed by atoms with E-state index < -0.39 is 250 Å². The van der Waals surface area contributed by atoms with Gasteiger partial charge in [0.05, 0.1) is 60.5 Å². The van der Waals surface area contributed by atoms with Gasteiger partial charge in [-0.1, -0.05) is 119 Å². The summed E-state index contributed by atoms with van der Waals surface area (Å²) < 4.78 is 100. The minimum atomic E-state index is -2.23. The quantitative estimate of drug-likeness (QED) is 0.0362. The molecular formula is C92H126N2O30. The number of fused-ring (bicyclic) bond motifs is 8. The van der Waals surface area contributed by atoms with Crippen molar-refractivity contribution in [2.75, 3.05) is 13.2 Å². The number of rotatable bonds is 22. The van der Waals surface area contributed by atoms with Crippen molar-refractivity contribution in [2.45, 2.75) is 335 Å². The smallest absolute Gasteiger partial charge is 0.407 e. The average molecular weight is 1740 g/mol. The molecule has 4 saturated carbocycles. The molecule has 4 bridgehead atoms. The van der Waals surface area contributed by atoms with E-state index in [1.165, 1.54) is 39.8 Å². The Kier molecular flexibility index (Phi) is 27.5. The number of aliphatic hydroxyl groups is 4. The largest absolute Gasteiger partial charge is 0.456 e. The van der Waals surface area contributed by atoms with Crippen molar-refractivity contribution in [3.63, 3.8) is 0 Å². The topological polar surface area (TPSA) is 423 Å². The molecule has 684 valence electrons. The van der Waals surface area contributed by atoms with Gasteiger partial charge in [0.25, 0.3) is 0 Å². The van der Waals surface area contributed by atoms with Gasteiger partial charge in [-0.3, -0.25) is 19.2 Å². The zero-order valence-corrected chi connectivity index (χ0v) is 75.1. The van der Waals surface area contributed by atoms with Gasteiger partial charge in [0.1, 0.15) is 71.2 Å². The van der Waals surface area contributed by atoms with Crippen LogP contribution in [-0.4, -0.2) is 237 Å². The maximum absolute atomic E-state index is 14.4. The SMILES string of the molecule is C=C[C@@H]1O[C@H]2C[C@H]3OC[C@@]3(OC(C)=O)[C@H]3[C@H](OC(=O)c4ccccc4)[C@]4(O)C[C@H](OC(=O)[C@H](O)[C@H](CC(C)C)NC(=O)OC(C)(C)C)C(C)=C([C@H](OC(C)=O)[C@H](O1)[C@]23C)C4(C)C.C=C[C@H]1O[C@H]2C[C@H]3OC[C@@]3(OC(C)=O)[C@H]3[C@H](OC(=O)c4ccccc4)[C@]4(O)C[C@H](OC(=O)[C@H](O)[C@H](CC(C)C)NC(=O)OC(C)(C)C)C(C)=C([C@H](OC(C)=O)[C@H](O1)[C@]23C)C4(C)C. The Morgan fingerprint density at radius 3 is 1.10 bits per heavy atom. The van der Waals surface area contributed by atoms with Crippen LogP contribution in [0, 0.1) is 45.3 Å². The lowest BCUT2D eigenvalue weighted by atomic mass is 9.44. The predicted molar refractivity (Wildman–Crippen MR) is 440 cm³/mol. The summed E-state index contributed by atoms with van der Waals surface area (Å²) in [5, 5.41) is 56.2. The Morgan fingerprint density at radius 2 is 0.823 bits per heavy atom. The van der Waals surface area contributed by atoms with Crippen LogP contribution in [0.3, 0.4) is 0 Å². The maximum Gasteiger partial charge on any atom is 0.407 e. The number of carbonyl (C=O) groups excluding carboxylic acids is 10. The average Bonchev–Trinajstić information content (AvgIpc) is 0.666. The number of amides is 2. The molecule has 32 heteroatoms. The first-order valence-corrected chi connectivity index (χ1v) is 42.6. The second-order valence-corrected chi connectivity index (χ2v) is 39.1. The lowest BCUT2D eigenvalue weighted by Gasteiger charge is -2.71. The normalized spacial score (nSPS) is 35.5. The molecule has 2 aromatic rings. The number of esters is 8. The van der Waals surface area contributed by atoms with Crippen molar-refractivity contribution < 1.29 is 144 Å². The summed E-state index contributed by atoms with van der Waals surface area (Å²) in [4.78, 5) is 136. The molecule has 0 aromatic heterocycles. The first kappa shape index (κ1) is 95.9. The van der Waals surface area contributed by atoms with Crippen molar-refractivity contribution in [3.05, 3.63) is 119 Å². The number of benzene rings is 2. The minimum absolute atomic E-state index is 0.0926. The number of hydrogen-bond donors (Lipinski definition) is 6. The summed E-state index contributed by atoms with van der Waals surface area (Å²) in [6.45, 7) is 43.9. The van der Waals surface area contributed by atoms with Crippen molar-refractivity contribution >= 4 is 59.9 Å². The van der Waals surface area contributed by atoms with Crippen LogP contribution in [0.2, 0.25) is 0 Å². The summed E-state index contributed by atoms with van der Waals surface area (Å²) in [5.74, 6) is -9.13. The zero-order chi connectivity index (χ0) is 91.8. The molecule has 8 fully saturated rings. The Morgan fingerprint density at radius 1 is 0.492 bits per heavy atom. The van der Waals surface area contributed by atoms with Gasteiger partial charge in [-0.2, -0.15) is 0 Å². The van der Waals surface area contributed by atoms with E-state index in [4.69, 9.17) is 75.8 Å². The summed E-state index contributed by atoms with van der Waals surface area (Å²) in [6.07, 6.45) is -18.7. The Bertz CT molecular complexity index is 4190. The summed E-state index contributed by atoms with van der Waals surface area (Å²) in [7, 11) is 0. The second-order valence-electron chi connectivity index (χ2n) is 39.1. The summed E-state index contributed by atoms with van der Waals surface area (Å²) >= 11 is 0. The molecule has 0 radical (unpaired) electrons. The monoisotopic (exact) mass is 1740 g/mol. The van der Waals surface area contributed by atoms with Gasteiger partial charge >= 0.3 is 59.9 Å². The number of carbonyl (C=O) groups is 10. The van der Waals surface area contributed by atoms with Gasteiger partial charge in [-0.25, -0.2) is 28.8 Å². The molecular weight excluding hydrogens is 1610 g/mol. The third-order valence-corrected chi connectivity index (χ3v) is 26.9. The highest BCUT2D eigenvalue weighted by Gasteiger charge is 2.82. The van der Waals surface area contributed by atoms with Crippen LogP contribution in [0.25, 0.3) is 0 Å². The molecule has 124 heavy (non-hydrogen) atoms. The molecule has 2 amide bonds. The van der Waals surface area contributed by atoms with Crippen LogP contribution in [-0.2, 0) is 105 Å². The van der Waals surface area contributed by atoms with Crippen molar-refractivity contribution in [1.82, 2.24) is 10.6 Å². The van der Waals surface area contributed by atoms with E-state index in [1.807, 2.05) is 41.5 Å². The first-order chi connectivity index (χ1) is 57.6. The molecule has 0 unspecified atom stereocenters. The molecule has 2 aromatic carbocycles. The lowest BCUT2D eigenvalue weighted by molar-refractivity contribution is -0.405. The van der Waals surface area contributed by atoms with Crippen LogP contribution in [0.15, 0.2) is 108 Å². The van der Waals surface area contributed by atoms with Crippen molar-refractivity contribution in [2.24, 2.45) is 45.3 Å². The molecule has 0 spiro atoms. The first-order valence-electron chi connectivity index (χ1n) is 42.6. The maximum atomic E-state index is 14.4. The summed E-state index contributed by atoms with van der Waals surface area (Å²) in [6, 6.07) is 14.1. The number of aliphatic hydroxyl groups excluding tert-OH is 2. The number of nitrogens with one attached hydrogen (secondary N) is 2. The molecule has 4 heterocycles. The van der Waals surface area contributed by atoms with Gasteiger partial charge in [0.2, 0.25) is 0 Å². The van der Waals surface area contributed by atoms with E-state index in [-0.39, 0.29) is 61.9 Å². The Hall–Kier alpha value is -8.70. The van der Waals surface area contributed by atoms with Gasteiger partial charge < -0.3 is 107 Å². The van der Waals surface area contributed by atoms with Crippen molar-refractivity contribution in [1.29, 1.82) is 0 Å². The standard InChI is InChI=1S/2C46H63NO15/c2*1-13-32-58-30-20-31-45(22-55-31,61-26(6)49)36-38(60-39(51)27-17-15-14-16-18-27)46(54)21-29(57-40(52)34(50)28(19-23(2)3)47-41(53)62-42(7,8)9)24(4)33(43(46,10)11)35(56-25(5)48)37(59-32)44(30,36)12/h2*13-18,23,28-32,34-38,50,54H,1,19-22H2,2-12H3,(H,47,53)/t28-,29-,30-,31+,32+,34+,35-,36-,37-,38-,44+,45-,46+;28-,29-,30-,31+,32-,34+,35-,36-,37-,38-,44+,45-,46+/m00/s1. The van der Waals surface area contributed by atoms with E-state index in [0.717, 1.165) is 0 Å². The highest BCUT2D eigenvalue weighted by Crippen LogP contribution is 2.70. The van der Waals surface area contributed by atoms with Crippen LogP contribution in [0.4, 0.5) is 9.59 Å². The van der Waals surface area contributed by atoms with E-state index in [2.05, 4.69) is 23.8 Å². The van der Waals surface area contributed by atoms with E-state index >= 15 is 0 Å². The number of hydrogen-bond acceptors (Lipinski definition) is 30. The Balaban J connectivity index is 0.000000241.